The maximum absolute atomic E-state index is 12.8. The fourth-order valence-electron chi connectivity index (χ4n) is 2.21. The zero-order valence-corrected chi connectivity index (χ0v) is 14.9. The van der Waals surface area contributed by atoms with E-state index in [0.717, 1.165) is 0 Å². The van der Waals surface area contributed by atoms with E-state index < -0.39 is 22.9 Å². The SMILES string of the molecule is CN(C)[C@H](C(=O)C(C)(C)C)[C@H](C(=O)C(C)(C)C)N(C)C. The van der Waals surface area contributed by atoms with Crippen molar-refractivity contribution in [3.63, 3.8) is 0 Å². The molecule has 0 rings (SSSR count). The predicted molar refractivity (Wildman–Crippen MR) is 83.9 cm³/mol. The molecular formula is C16H32N2O2. The first-order chi connectivity index (χ1) is 8.71. The lowest BCUT2D eigenvalue weighted by atomic mass is 9.77. The average molecular weight is 284 g/mol. The van der Waals surface area contributed by atoms with Gasteiger partial charge in [-0.25, -0.2) is 0 Å². The normalized spacial score (nSPS) is 16.4. The molecule has 0 spiro atoms. The lowest BCUT2D eigenvalue weighted by Gasteiger charge is -2.40. The second kappa shape index (κ2) is 6.35. The number of hydrogen-bond donors (Lipinski definition) is 0. The summed E-state index contributed by atoms with van der Waals surface area (Å²) < 4.78 is 0. The maximum Gasteiger partial charge on any atom is 0.157 e. The first kappa shape index (κ1) is 19.3. The van der Waals surface area contributed by atoms with Gasteiger partial charge in [-0.05, 0) is 28.2 Å². The molecule has 0 saturated heterocycles. The van der Waals surface area contributed by atoms with Gasteiger partial charge in [-0.15, -0.1) is 0 Å². The Kier molecular flexibility index (Phi) is 6.12. The molecule has 4 heteroatoms. The minimum absolute atomic E-state index is 0.0961. The topological polar surface area (TPSA) is 40.6 Å². The van der Waals surface area contributed by atoms with Gasteiger partial charge in [-0.1, -0.05) is 41.5 Å². The summed E-state index contributed by atoms with van der Waals surface area (Å²) in [5.41, 5.74) is -0.942. The Balaban J connectivity index is 5.73. The van der Waals surface area contributed by atoms with Crippen molar-refractivity contribution in [2.75, 3.05) is 28.2 Å². The third-order valence-corrected chi connectivity index (χ3v) is 3.43. The second-order valence-electron chi connectivity index (χ2n) is 8.05. The fraction of sp³-hybridized carbons (Fsp3) is 0.875. The molecule has 0 amide bonds. The van der Waals surface area contributed by atoms with Gasteiger partial charge in [0.2, 0.25) is 0 Å². The van der Waals surface area contributed by atoms with Crippen LogP contribution in [-0.4, -0.2) is 61.6 Å². The highest BCUT2D eigenvalue weighted by atomic mass is 16.1. The number of Topliss-reactive ketones (excluding diaryl/α,β-unsaturated/α-hetero) is 2. The lowest BCUT2D eigenvalue weighted by Crippen LogP contribution is -2.59. The molecule has 0 N–H and O–H groups in total. The van der Waals surface area contributed by atoms with Crippen LogP contribution in [0.5, 0.6) is 0 Å². The lowest BCUT2D eigenvalue weighted by molar-refractivity contribution is -0.142. The van der Waals surface area contributed by atoms with Crippen molar-refractivity contribution in [1.29, 1.82) is 0 Å². The van der Waals surface area contributed by atoms with Crippen molar-refractivity contribution >= 4 is 11.6 Å². The Labute approximate surface area is 124 Å². The fourth-order valence-corrected chi connectivity index (χ4v) is 2.21. The van der Waals surface area contributed by atoms with Crippen LogP contribution in [0, 0.1) is 10.8 Å². The van der Waals surface area contributed by atoms with Crippen molar-refractivity contribution in [3.8, 4) is 0 Å². The van der Waals surface area contributed by atoms with E-state index in [0.29, 0.717) is 0 Å². The third-order valence-electron chi connectivity index (χ3n) is 3.43. The molecule has 0 aliphatic heterocycles. The minimum atomic E-state index is -0.471. The van der Waals surface area contributed by atoms with E-state index in [9.17, 15) is 9.59 Å². The Morgan fingerprint density at radius 2 is 0.850 bits per heavy atom. The van der Waals surface area contributed by atoms with E-state index in [1.807, 2.05) is 79.5 Å². The van der Waals surface area contributed by atoms with Crippen LogP contribution >= 0.6 is 0 Å². The van der Waals surface area contributed by atoms with Crippen LogP contribution < -0.4 is 0 Å². The molecule has 0 aromatic heterocycles. The highest BCUT2D eigenvalue weighted by Crippen LogP contribution is 2.27. The summed E-state index contributed by atoms with van der Waals surface area (Å²) in [4.78, 5) is 29.3. The van der Waals surface area contributed by atoms with Gasteiger partial charge in [-0.2, -0.15) is 0 Å². The average Bonchev–Trinajstić information content (AvgIpc) is 2.19. The van der Waals surface area contributed by atoms with Crippen LogP contribution in [0.4, 0.5) is 0 Å². The maximum atomic E-state index is 12.8. The number of carbonyl (C=O) groups excluding carboxylic acids is 2. The Morgan fingerprint density at radius 3 is 0.950 bits per heavy atom. The zero-order chi connectivity index (χ0) is 16.5. The summed E-state index contributed by atoms with van der Waals surface area (Å²) in [5.74, 6) is 0.192. The molecule has 20 heavy (non-hydrogen) atoms. The third kappa shape index (κ3) is 4.67. The largest absolute Gasteiger partial charge is 0.298 e. The second-order valence-corrected chi connectivity index (χ2v) is 8.05. The molecule has 0 aliphatic carbocycles. The predicted octanol–water partition coefficient (Wildman–Crippen LogP) is 2.08. The molecule has 4 nitrogen and oxygen atoms in total. The highest BCUT2D eigenvalue weighted by molar-refractivity contribution is 5.98. The van der Waals surface area contributed by atoms with Crippen molar-refractivity contribution in [3.05, 3.63) is 0 Å². The van der Waals surface area contributed by atoms with Gasteiger partial charge in [0.25, 0.3) is 0 Å². The number of likely N-dealkylation sites (N-methyl/N-ethyl adjacent to an activating group) is 2. The molecule has 0 bridgehead atoms. The molecular weight excluding hydrogens is 252 g/mol. The van der Waals surface area contributed by atoms with Gasteiger partial charge in [0.15, 0.2) is 11.6 Å². The summed E-state index contributed by atoms with van der Waals surface area (Å²) in [7, 11) is 7.45. The number of rotatable bonds is 5. The molecule has 0 radical (unpaired) electrons. The summed E-state index contributed by atoms with van der Waals surface area (Å²) >= 11 is 0. The van der Waals surface area contributed by atoms with Crippen molar-refractivity contribution in [2.24, 2.45) is 10.8 Å². The Morgan fingerprint density at radius 1 is 0.650 bits per heavy atom. The van der Waals surface area contributed by atoms with Crippen LogP contribution in [0.3, 0.4) is 0 Å². The number of carbonyl (C=O) groups is 2. The Bertz CT molecular complexity index is 324. The molecule has 0 saturated carbocycles. The summed E-state index contributed by atoms with van der Waals surface area (Å²) in [6, 6.07) is -0.867. The van der Waals surface area contributed by atoms with Crippen LogP contribution in [0.1, 0.15) is 41.5 Å². The standard InChI is InChI=1S/C16H32N2O2/c1-15(2,3)13(19)11(17(7)8)12(18(9)10)14(20)16(4,5)6/h11-12H,1-10H3/t11-,12+. The smallest absolute Gasteiger partial charge is 0.157 e. The summed E-state index contributed by atoms with van der Waals surface area (Å²) in [6.45, 7) is 11.4. The zero-order valence-electron chi connectivity index (χ0n) is 14.9. The van der Waals surface area contributed by atoms with E-state index in [2.05, 4.69) is 0 Å². The summed E-state index contributed by atoms with van der Waals surface area (Å²) in [5, 5.41) is 0. The van der Waals surface area contributed by atoms with E-state index in [1.54, 1.807) is 0 Å². The van der Waals surface area contributed by atoms with E-state index in [-0.39, 0.29) is 11.6 Å². The van der Waals surface area contributed by atoms with Crippen LogP contribution in [0.25, 0.3) is 0 Å². The number of ketones is 2. The molecule has 0 fully saturated rings. The highest BCUT2D eigenvalue weighted by Gasteiger charge is 2.43. The van der Waals surface area contributed by atoms with Crippen molar-refractivity contribution < 1.29 is 9.59 Å². The Hall–Kier alpha value is -0.740. The molecule has 0 aliphatic rings. The molecule has 2 atom stereocenters. The molecule has 0 aromatic carbocycles. The van der Waals surface area contributed by atoms with Gasteiger partial charge in [0.05, 0.1) is 12.1 Å². The first-order valence-corrected chi connectivity index (χ1v) is 7.12. The quantitative estimate of drug-likeness (QED) is 0.775. The van der Waals surface area contributed by atoms with E-state index >= 15 is 0 Å². The number of nitrogens with zero attached hydrogens (tertiary/aromatic N) is 2. The molecule has 0 unspecified atom stereocenters. The van der Waals surface area contributed by atoms with E-state index in [1.165, 1.54) is 0 Å². The number of hydrogen-bond acceptors (Lipinski definition) is 4. The van der Waals surface area contributed by atoms with Gasteiger partial charge < -0.3 is 0 Å². The van der Waals surface area contributed by atoms with Gasteiger partial charge in [0.1, 0.15) is 0 Å². The van der Waals surface area contributed by atoms with Crippen LogP contribution in [0.2, 0.25) is 0 Å². The van der Waals surface area contributed by atoms with Crippen molar-refractivity contribution in [1.82, 2.24) is 9.80 Å². The molecule has 0 aromatic rings. The first-order valence-electron chi connectivity index (χ1n) is 7.12. The molecule has 0 heterocycles. The van der Waals surface area contributed by atoms with Gasteiger partial charge in [0, 0.05) is 10.8 Å². The minimum Gasteiger partial charge on any atom is -0.298 e. The van der Waals surface area contributed by atoms with Crippen molar-refractivity contribution in [2.45, 2.75) is 53.6 Å². The van der Waals surface area contributed by atoms with E-state index in [4.69, 9.17) is 0 Å². The van der Waals surface area contributed by atoms with Crippen LogP contribution in [0.15, 0.2) is 0 Å². The summed E-state index contributed by atoms with van der Waals surface area (Å²) in [6.07, 6.45) is 0. The molecule has 118 valence electrons. The van der Waals surface area contributed by atoms with Gasteiger partial charge >= 0.3 is 0 Å². The van der Waals surface area contributed by atoms with Gasteiger partial charge in [-0.3, -0.25) is 19.4 Å². The monoisotopic (exact) mass is 284 g/mol. The van der Waals surface area contributed by atoms with Crippen LogP contribution in [-0.2, 0) is 9.59 Å².